The summed E-state index contributed by atoms with van der Waals surface area (Å²) in [5.41, 5.74) is 5.53. The lowest BCUT2D eigenvalue weighted by atomic mass is 10.1. The van der Waals surface area contributed by atoms with E-state index in [0.717, 1.165) is 11.5 Å². The molecule has 1 heterocycles. The maximum atomic E-state index is 11.8. The number of carbonyl (C=O) groups excluding carboxylic acids is 1. The third-order valence-corrected chi connectivity index (χ3v) is 3.55. The average molecular weight is 232 g/mol. The molecule has 6 heteroatoms. The molecule has 2 atom stereocenters. The Morgan fingerprint density at radius 1 is 1.67 bits per heavy atom. The van der Waals surface area contributed by atoms with E-state index < -0.39 is 12.0 Å². The van der Waals surface area contributed by atoms with Crippen molar-refractivity contribution in [3.63, 3.8) is 0 Å². The largest absolute Gasteiger partial charge is 0.481 e. The Kier molecular flexibility index (Phi) is 4.41. The molecule has 0 aromatic heterocycles. The van der Waals surface area contributed by atoms with E-state index in [1.807, 2.05) is 6.92 Å². The SMILES string of the molecule is CC1CSCCN1C(=O)C(N)CC(=O)O. The van der Waals surface area contributed by atoms with E-state index in [9.17, 15) is 9.59 Å². The van der Waals surface area contributed by atoms with E-state index in [0.29, 0.717) is 6.54 Å². The molecule has 1 rings (SSSR count). The highest BCUT2D eigenvalue weighted by Crippen LogP contribution is 2.16. The van der Waals surface area contributed by atoms with Crippen molar-refractivity contribution in [2.75, 3.05) is 18.1 Å². The Bertz CT molecular complexity index is 260. The molecule has 1 aliphatic heterocycles. The minimum atomic E-state index is -1.03. The summed E-state index contributed by atoms with van der Waals surface area (Å²) >= 11 is 1.80. The lowest BCUT2D eigenvalue weighted by molar-refractivity contribution is -0.142. The van der Waals surface area contributed by atoms with Gasteiger partial charge in [-0.3, -0.25) is 9.59 Å². The molecular weight excluding hydrogens is 216 g/mol. The van der Waals surface area contributed by atoms with Gasteiger partial charge in [-0.1, -0.05) is 0 Å². The molecule has 0 radical (unpaired) electrons. The number of nitrogens with zero attached hydrogens (tertiary/aromatic N) is 1. The third-order valence-electron chi connectivity index (χ3n) is 2.36. The monoisotopic (exact) mass is 232 g/mol. The fraction of sp³-hybridized carbons (Fsp3) is 0.778. The molecule has 0 bridgehead atoms. The first-order chi connectivity index (χ1) is 7.02. The zero-order valence-electron chi connectivity index (χ0n) is 8.68. The summed E-state index contributed by atoms with van der Waals surface area (Å²) in [6, 6.07) is -0.760. The number of rotatable bonds is 3. The molecule has 0 aromatic carbocycles. The maximum absolute atomic E-state index is 11.8. The Balaban J connectivity index is 2.54. The van der Waals surface area contributed by atoms with Crippen molar-refractivity contribution in [1.82, 2.24) is 4.90 Å². The molecule has 2 unspecified atom stereocenters. The standard InChI is InChI=1S/C9H16N2O3S/c1-6-5-15-3-2-11(6)9(14)7(10)4-8(12)13/h6-7H,2-5,10H2,1H3,(H,12,13). The topological polar surface area (TPSA) is 83.6 Å². The average Bonchev–Trinajstić information content (AvgIpc) is 2.16. The first-order valence-corrected chi connectivity index (χ1v) is 6.03. The van der Waals surface area contributed by atoms with Crippen LogP contribution < -0.4 is 5.73 Å². The first kappa shape index (κ1) is 12.3. The number of carboxylic acids is 1. The van der Waals surface area contributed by atoms with Gasteiger partial charge in [-0.25, -0.2) is 0 Å². The summed E-state index contributed by atoms with van der Waals surface area (Å²) < 4.78 is 0. The Labute approximate surface area is 93.0 Å². The van der Waals surface area contributed by atoms with Crippen molar-refractivity contribution in [3.8, 4) is 0 Å². The van der Waals surface area contributed by atoms with Crippen molar-refractivity contribution in [1.29, 1.82) is 0 Å². The van der Waals surface area contributed by atoms with Gasteiger partial charge in [-0.15, -0.1) is 0 Å². The maximum Gasteiger partial charge on any atom is 0.305 e. The smallest absolute Gasteiger partial charge is 0.305 e. The van der Waals surface area contributed by atoms with Crippen LogP contribution in [-0.4, -0.2) is 52.0 Å². The number of amides is 1. The summed E-state index contributed by atoms with van der Waals surface area (Å²) in [6.45, 7) is 2.62. The van der Waals surface area contributed by atoms with Crippen LogP contribution in [0.25, 0.3) is 0 Å². The van der Waals surface area contributed by atoms with Crippen LogP contribution in [0.4, 0.5) is 0 Å². The highest BCUT2D eigenvalue weighted by Gasteiger charge is 2.28. The number of carbonyl (C=O) groups is 2. The van der Waals surface area contributed by atoms with Crippen LogP contribution in [0.5, 0.6) is 0 Å². The molecule has 5 nitrogen and oxygen atoms in total. The van der Waals surface area contributed by atoms with Crippen molar-refractivity contribution in [2.24, 2.45) is 5.73 Å². The van der Waals surface area contributed by atoms with Crippen LogP contribution >= 0.6 is 11.8 Å². The summed E-state index contributed by atoms with van der Waals surface area (Å²) in [5, 5.41) is 8.54. The lowest BCUT2D eigenvalue weighted by Gasteiger charge is -2.34. The summed E-state index contributed by atoms with van der Waals surface area (Å²) in [7, 11) is 0. The summed E-state index contributed by atoms with van der Waals surface area (Å²) in [4.78, 5) is 23.9. The minimum absolute atomic E-state index is 0.149. The Hall–Kier alpha value is -0.750. The molecule has 1 fully saturated rings. The van der Waals surface area contributed by atoms with Gasteiger partial charge in [0.05, 0.1) is 12.5 Å². The molecule has 1 saturated heterocycles. The van der Waals surface area contributed by atoms with Gasteiger partial charge in [0, 0.05) is 24.1 Å². The summed E-state index contributed by atoms with van der Waals surface area (Å²) in [6.07, 6.45) is -0.296. The van der Waals surface area contributed by atoms with Crippen LogP contribution in [0, 0.1) is 0 Å². The fourth-order valence-corrected chi connectivity index (χ4v) is 2.56. The predicted octanol–water partition coefficient (Wildman–Crippen LogP) is -0.248. The molecule has 1 amide bonds. The van der Waals surface area contributed by atoms with Gasteiger partial charge in [0.1, 0.15) is 0 Å². The van der Waals surface area contributed by atoms with E-state index >= 15 is 0 Å². The number of carboxylic acid groups (broad SMARTS) is 1. The van der Waals surface area contributed by atoms with Crippen LogP contribution in [0.1, 0.15) is 13.3 Å². The number of aliphatic carboxylic acids is 1. The van der Waals surface area contributed by atoms with E-state index in [4.69, 9.17) is 10.8 Å². The number of thioether (sulfide) groups is 1. The first-order valence-electron chi connectivity index (χ1n) is 4.88. The zero-order chi connectivity index (χ0) is 11.4. The highest BCUT2D eigenvalue weighted by molar-refractivity contribution is 7.99. The molecule has 0 aliphatic carbocycles. The Morgan fingerprint density at radius 3 is 2.87 bits per heavy atom. The fourth-order valence-electron chi connectivity index (χ4n) is 1.54. The van der Waals surface area contributed by atoms with Gasteiger partial charge in [0.15, 0.2) is 0 Å². The van der Waals surface area contributed by atoms with Gasteiger partial charge in [0.25, 0.3) is 0 Å². The number of hydrogen-bond donors (Lipinski definition) is 2. The van der Waals surface area contributed by atoms with Gasteiger partial charge < -0.3 is 15.7 Å². The highest BCUT2D eigenvalue weighted by atomic mass is 32.2. The summed E-state index contributed by atoms with van der Waals surface area (Å²) in [5.74, 6) is 0.515. The van der Waals surface area contributed by atoms with Crippen LogP contribution in [-0.2, 0) is 9.59 Å². The third kappa shape index (κ3) is 3.39. The number of hydrogen-bond acceptors (Lipinski definition) is 4. The second-order valence-corrected chi connectivity index (χ2v) is 4.81. The van der Waals surface area contributed by atoms with Gasteiger partial charge >= 0.3 is 5.97 Å². The van der Waals surface area contributed by atoms with E-state index in [1.165, 1.54) is 0 Å². The minimum Gasteiger partial charge on any atom is -0.481 e. The second kappa shape index (κ2) is 5.37. The van der Waals surface area contributed by atoms with Crippen molar-refractivity contribution in [2.45, 2.75) is 25.4 Å². The van der Waals surface area contributed by atoms with E-state index in [2.05, 4.69) is 0 Å². The second-order valence-electron chi connectivity index (χ2n) is 3.66. The van der Waals surface area contributed by atoms with Gasteiger partial charge in [-0.05, 0) is 6.92 Å². The quantitative estimate of drug-likeness (QED) is 0.701. The van der Waals surface area contributed by atoms with E-state index in [1.54, 1.807) is 16.7 Å². The van der Waals surface area contributed by atoms with Crippen LogP contribution in [0.15, 0.2) is 0 Å². The van der Waals surface area contributed by atoms with Crippen molar-refractivity contribution < 1.29 is 14.7 Å². The molecule has 15 heavy (non-hydrogen) atoms. The number of nitrogens with two attached hydrogens (primary N) is 1. The predicted molar refractivity (Wildman–Crippen MR) is 58.7 cm³/mol. The Morgan fingerprint density at radius 2 is 2.33 bits per heavy atom. The lowest BCUT2D eigenvalue weighted by Crippen LogP contribution is -2.51. The van der Waals surface area contributed by atoms with Crippen LogP contribution in [0.2, 0.25) is 0 Å². The normalized spacial score (nSPS) is 23.6. The van der Waals surface area contributed by atoms with Crippen molar-refractivity contribution >= 4 is 23.6 Å². The molecule has 86 valence electrons. The molecule has 0 saturated carbocycles. The molecule has 3 N–H and O–H groups in total. The van der Waals surface area contributed by atoms with Crippen LogP contribution in [0.3, 0.4) is 0 Å². The molecule has 0 aromatic rings. The zero-order valence-corrected chi connectivity index (χ0v) is 9.50. The molecular formula is C9H16N2O3S. The molecule has 0 spiro atoms. The van der Waals surface area contributed by atoms with Gasteiger partial charge in [-0.2, -0.15) is 11.8 Å². The van der Waals surface area contributed by atoms with Crippen molar-refractivity contribution in [3.05, 3.63) is 0 Å². The van der Waals surface area contributed by atoms with Gasteiger partial charge in [0.2, 0.25) is 5.91 Å². The molecule has 1 aliphatic rings. The van der Waals surface area contributed by atoms with E-state index in [-0.39, 0.29) is 18.4 Å².